The molecule has 0 fully saturated rings. The molecule has 1 rings (SSSR count). The van der Waals surface area contributed by atoms with Crippen LogP contribution in [0.5, 0.6) is 5.75 Å². The molecule has 0 aliphatic rings. The molecule has 0 aliphatic carbocycles. The molecule has 3 N–H and O–H groups in total. The zero-order valence-corrected chi connectivity index (χ0v) is 19.1. The first-order chi connectivity index (χ1) is 11.9. The molecular formula is C17H31IN4O3S. The van der Waals surface area contributed by atoms with Gasteiger partial charge in [0.25, 0.3) is 0 Å². The van der Waals surface area contributed by atoms with Crippen LogP contribution in [0.2, 0.25) is 0 Å². The molecule has 0 saturated carbocycles. The quantitative estimate of drug-likeness (QED) is 0.199. The van der Waals surface area contributed by atoms with Gasteiger partial charge in [-0.1, -0.05) is 19.1 Å². The van der Waals surface area contributed by atoms with Crippen molar-refractivity contribution in [2.75, 3.05) is 39.5 Å². The molecule has 26 heavy (non-hydrogen) atoms. The molecule has 1 atom stereocenters. The topological polar surface area (TPSA) is 91.8 Å². The second-order valence-electron chi connectivity index (χ2n) is 5.82. The molecule has 0 heterocycles. The number of halogens is 1. The Morgan fingerprint density at radius 2 is 1.85 bits per heavy atom. The SMILES string of the molecule is CCNC(=NCCC(C)c1ccc(OC)cc1)NCCNS(C)(=O)=O.I. The Morgan fingerprint density at radius 1 is 1.19 bits per heavy atom. The predicted molar refractivity (Wildman–Crippen MR) is 118 cm³/mol. The monoisotopic (exact) mass is 498 g/mol. The minimum Gasteiger partial charge on any atom is -0.497 e. The first-order valence-electron chi connectivity index (χ1n) is 8.46. The molecule has 0 bridgehead atoms. The summed E-state index contributed by atoms with van der Waals surface area (Å²) in [4.78, 5) is 4.54. The van der Waals surface area contributed by atoms with Crippen molar-refractivity contribution in [2.45, 2.75) is 26.2 Å². The standard InChI is InChI=1S/C17H30N4O3S.HI/c1-5-18-17(20-12-13-21-25(4,22)23)19-11-10-14(2)15-6-8-16(24-3)9-7-15;/h6-9,14,21H,5,10-13H2,1-4H3,(H2,18,19,20);1H. The zero-order valence-electron chi connectivity index (χ0n) is 15.9. The summed E-state index contributed by atoms with van der Waals surface area (Å²) in [6, 6.07) is 8.09. The van der Waals surface area contributed by atoms with Crippen molar-refractivity contribution in [3.63, 3.8) is 0 Å². The van der Waals surface area contributed by atoms with E-state index in [2.05, 4.69) is 39.4 Å². The summed E-state index contributed by atoms with van der Waals surface area (Å²) in [7, 11) is -1.50. The highest BCUT2D eigenvalue weighted by atomic mass is 127. The normalized spacial score (nSPS) is 12.8. The van der Waals surface area contributed by atoms with Gasteiger partial charge in [0.15, 0.2) is 5.96 Å². The second-order valence-corrected chi connectivity index (χ2v) is 7.65. The molecule has 0 aliphatic heterocycles. The van der Waals surface area contributed by atoms with Crippen LogP contribution in [0.25, 0.3) is 0 Å². The molecular weight excluding hydrogens is 467 g/mol. The third-order valence-electron chi connectivity index (χ3n) is 3.64. The van der Waals surface area contributed by atoms with E-state index < -0.39 is 10.0 Å². The molecule has 0 spiro atoms. The molecule has 7 nitrogen and oxygen atoms in total. The fraction of sp³-hybridized carbons (Fsp3) is 0.588. The number of nitrogens with zero attached hydrogens (tertiary/aromatic N) is 1. The van der Waals surface area contributed by atoms with E-state index in [9.17, 15) is 8.42 Å². The highest BCUT2D eigenvalue weighted by Crippen LogP contribution is 2.21. The maximum Gasteiger partial charge on any atom is 0.208 e. The highest BCUT2D eigenvalue weighted by molar-refractivity contribution is 14.0. The van der Waals surface area contributed by atoms with Gasteiger partial charge in [0.2, 0.25) is 10.0 Å². The third kappa shape index (κ3) is 10.8. The van der Waals surface area contributed by atoms with Crippen LogP contribution in [0.3, 0.4) is 0 Å². The van der Waals surface area contributed by atoms with E-state index in [1.807, 2.05) is 19.1 Å². The average molecular weight is 498 g/mol. The number of nitrogens with one attached hydrogen (secondary N) is 3. The fourth-order valence-electron chi connectivity index (χ4n) is 2.23. The lowest BCUT2D eigenvalue weighted by molar-refractivity contribution is 0.414. The Kier molecular flexibility index (Phi) is 12.6. The Bertz CT molecular complexity index is 636. The largest absolute Gasteiger partial charge is 0.497 e. The smallest absolute Gasteiger partial charge is 0.208 e. The van der Waals surface area contributed by atoms with E-state index >= 15 is 0 Å². The van der Waals surface area contributed by atoms with Crippen molar-refractivity contribution >= 4 is 40.0 Å². The number of benzene rings is 1. The lowest BCUT2D eigenvalue weighted by atomic mass is 9.98. The Labute approximate surface area is 174 Å². The van der Waals surface area contributed by atoms with E-state index in [0.717, 1.165) is 25.0 Å². The van der Waals surface area contributed by atoms with Crippen LogP contribution in [0.4, 0.5) is 0 Å². The first kappa shape index (κ1) is 24.9. The number of sulfonamides is 1. The number of methoxy groups -OCH3 is 1. The number of aliphatic imine (C=N–C) groups is 1. The van der Waals surface area contributed by atoms with Crippen LogP contribution in [-0.2, 0) is 10.0 Å². The number of guanidine groups is 1. The van der Waals surface area contributed by atoms with Gasteiger partial charge in [0.1, 0.15) is 5.75 Å². The summed E-state index contributed by atoms with van der Waals surface area (Å²) < 4.78 is 29.7. The first-order valence-corrected chi connectivity index (χ1v) is 10.4. The van der Waals surface area contributed by atoms with E-state index in [-0.39, 0.29) is 24.0 Å². The van der Waals surface area contributed by atoms with Gasteiger partial charge >= 0.3 is 0 Å². The number of hydrogen-bond donors (Lipinski definition) is 3. The van der Waals surface area contributed by atoms with Crippen molar-refractivity contribution in [1.29, 1.82) is 0 Å². The molecule has 0 aromatic heterocycles. The van der Waals surface area contributed by atoms with Crippen molar-refractivity contribution in [2.24, 2.45) is 4.99 Å². The van der Waals surface area contributed by atoms with Gasteiger partial charge in [-0.05, 0) is 37.0 Å². The molecule has 150 valence electrons. The lowest BCUT2D eigenvalue weighted by Crippen LogP contribution is -2.41. The molecule has 0 radical (unpaired) electrons. The summed E-state index contributed by atoms with van der Waals surface area (Å²) in [6.45, 7) is 6.40. The molecule has 1 unspecified atom stereocenters. The maximum atomic E-state index is 11.0. The van der Waals surface area contributed by atoms with Crippen LogP contribution < -0.4 is 20.1 Å². The molecule has 0 saturated heterocycles. The van der Waals surface area contributed by atoms with Crippen molar-refractivity contribution in [1.82, 2.24) is 15.4 Å². The van der Waals surface area contributed by atoms with Gasteiger partial charge in [0.05, 0.1) is 13.4 Å². The van der Waals surface area contributed by atoms with Crippen molar-refractivity contribution in [3.05, 3.63) is 29.8 Å². The van der Waals surface area contributed by atoms with Crippen molar-refractivity contribution in [3.8, 4) is 5.75 Å². The molecule has 1 aromatic carbocycles. The Hall–Kier alpha value is -1.07. The minimum atomic E-state index is -3.16. The van der Waals surface area contributed by atoms with Crippen LogP contribution in [0.1, 0.15) is 31.7 Å². The van der Waals surface area contributed by atoms with E-state index in [1.54, 1.807) is 7.11 Å². The average Bonchev–Trinajstić information content (AvgIpc) is 2.57. The second kappa shape index (κ2) is 13.2. The molecule has 9 heteroatoms. The van der Waals surface area contributed by atoms with Crippen LogP contribution in [0.15, 0.2) is 29.3 Å². The van der Waals surface area contributed by atoms with Gasteiger partial charge in [-0.25, -0.2) is 13.1 Å². The fourth-order valence-corrected chi connectivity index (χ4v) is 2.70. The van der Waals surface area contributed by atoms with E-state index in [0.29, 0.717) is 31.5 Å². The Morgan fingerprint density at radius 3 is 2.38 bits per heavy atom. The Balaban J connectivity index is 0.00000625. The van der Waals surface area contributed by atoms with E-state index in [4.69, 9.17) is 4.74 Å². The zero-order chi connectivity index (χ0) is 18.7. The van der Waals surface area contributed by atoms with Gasteiger partial charge < -0.3 is 15.4 Å². The van der Waals surface area contributed by atoms with E-state index in [1.165, 1.54) is 5.56 Å². The van der Waals surface area contributed by atoms with Gasteiger partial charge in [-0.15, -0.1) is 24.0 Å². The van der Waals surface area contributed by atoms with Gasteiger partial charge in [-0.3, -0.25) is 4.99 Å². The predicted octanol–water partition coefficient (Wildman–Crippen LogP) is 1.91. The number of hydrogen-bond acceptors (Lipinski definition) is 4. The number of rotatable bonds is 10. The summed E-state index contributed by atoms with van der Waals surface area (Å²) in [6.07, 6.45) is 2.07. The van der Waals surface area contributed by atoms with Crippen LogP contribution >= 0.6 is 24.0 Å². The minimum absolute atomic E-state index is 0. The van der Waals surface area contributed by atoms with Gasteiger partial charge in [0, 0.05) is 26.2 Å². The van der Waals surface area contributed by atoms with Crippen molar-refractivity contribution < 1.29 is 13.2 Å². The summed E-state index contributed by atoms with van der Waals surface area (Å²) in [5, 5.41) is 6.27. The highest BCUT2D eigenvalue weighted by Gasteiger charge is 2.06. The molecule has 0 amide bonds. The molecule has 1 aromatic rings. The number of ether oxygens (including phenoxy) is 1. The maximum absolute atomic E-state index is 11.0. The summed E-state index contributed by atoms with van der Waals surface area (Å²) in [5.41, 5.74) is 1.26. The lowest BCUT2D eigenvalue weighted by Gasteiger charge is -2.13. The summed E-state index contributed by atoms with van der Waals surface area (Å²) in [5.74, 6) is 1.94. The third-order valence-corrected chi connectivity index (χ3v) is 4.37. The summed E-state index contributed by atoms with van der Waals surface area (Å²) >= 11 is 0. The van der Waals surface area contributed by atoms with Crippen LogP contribution in [-0.4, -0.2) is 53.9 Å². The van der Waals surface area contributed by atoms with Gasteiger partial charge in [-0.2, -0.15) is 0 Å². The van der Waals surface area contributed by atoms with Crippen LogP contribution in [0, 0.1) is 0 Å².